The van der Waals surface area contributed by atoms with Crippen LogP contribution in [0, 0.1) is 20.8 Å². The van der Waals surface area contributed by atoms with E-state index >= 15 is 0 Å². The van der Waals surface area contributed by atoms with Crippen molar-refractivity contribution < 1.29 is 0 Å². The van der Waals surface area contributed by atoms with Crippen LogP contribution in [0.3, 0.4) is 0 Å². The van der Waals surface area contributed by atoms with Crippen LogP contribution in [0.2, 0.25) is 0 Å². The molecule has 0 saturated heterocycles. The fourth-order valence-electron chi connectivity index (χ4n) is 2.61. The number of para-hydroxylation sites is 2. The van der Waals surface area contributed by atoms with Crippen molar-refractivity contribution in [2.24, 2.45) is 4.99 Å². The molecule has 3 rings (SSSR count). The van der Waals surface area contributed by atoms with E-state index in [9.17, 15) is 4.79 Å². The quantitative estimate of drug-likeness (QED) is 0.734. The maximum absolute atomic E-state index is 12.6. The Labute approximate surface area is 135 Å². The van der Waals surface area contributed by atoms with E-state index in [0.717, 1.165) is 28.2 Å². The Morgan fingerprint density at radius 3 is 2.26 bits per heavy atom. The van der Waals surface area contributed by atoms with Gasteiger partial charge in [0.25, 0.3) is 5.56 Å². The molecule has 0 fully saturated rings. The number of benzene rings is 2. The third-order valence-electron chi connectivity index (χ3n) is 3.89. The Balaban J connectivity index is 2.04. The topological polar surface area (TPSA) is 50.1 Å². The van der Waals surface area contributed by atoms with Crippen LogP contribution in [0.5, 0.6) is 0 Å². The summed E-state index contributed by atoms with van der Waals surface area (Å²) in [5, 5.41) is 3.11. The lowest BCUT2D eigenvalue weighted by Crippen LogP contribution is -2.17. The number of aliphatic imine (C=N–C) groups is 1. The molecule has 3 aromatic rings. The molecule has 4 heteroatoms. The molecule has 1 N–H and O–H groups in total. The first-order valence-electron chi connectivity index (χ1n) is 7.55. The van der Waals surface area contributed by atoms with Gasteiger partial charge in [-0.3, -0.25) is 14.9 Å². The van der Waals surface area contributed by atoms with Gasteiger partial charge in [0.15, 0.2) is 0 Å². The number of nitrogens with one attached hydrogen (secondary N) is 1. The Bertz CT molecular complexity index is 897. The molecule has 0 unspecified atom stereocenters. The molecule has 0 aliphatic rings. The monoisotopic (exact) mass is 305 g/mol. The molecular formula is C19H19N3O. The Morgan fingerprint density at radius 2 is 1.61 bits per heavy atom. The van der Waals surface area contributed by atoms with E-state index < -0.39 is 0 Å². The van der Waals surface area contributed by atoms with E-state index in [1.54, 1.807) is 10.9 Å². The molecule has 0 bridgehead atoms. The third-order valence-corrected chi connectivity index (χ3v) is 3.89. The molecular weight excluding hydrogens is 286 g/mol. The largest absolute Gasteiger partial charge is 0.295 e. The lowest BCUT2D eigenvalue weighted by atomic mass is 10.1. The van der Waals surface area contributed by atoms with E-state index in [2.05, 4.69) is 10.1 Å². The minimum atomic E-state index is -0.0938. The molecule has 0 aliphatic carbocycles. The minimum absolute atomic E-state index is 0.0938. The van der Waals surface area contributed by atoms with E-state index in [-0.39, 0.29) is 5.56 Å². The molecule has 0 radical (unpaired) electrons. The summed E-state index contributed by atoms with van der Waals surface area (Å²) in [4.78, 5) is 17.2. The summed E-state index contributed by atoms with van der Waals surface area (Å²) in [5.74, 6) is 0. The third kappa shape index (κ3) is 2.88. The first kappa shape index (κ1) is 15.0. The van der Waals surface area contributed by atoms with Gasteiger partial charge in [-0.1, -0.05) is 36.4 Å². The van der Waals surface area contributed by atoms with Gasteiger partial charge in [0.05, 0.1) is 16.9 Å². The standard InChI is InChI=1S/C19H19N3O/c1-13-8-7-9-14(2)18(13)20-12-17-15(3)21-22(19(17)23)16-10-5-4-6-11-16/h4-12,21H,1-3H3. The number of aromatic nitrogens is 2. The van der Waals surface area contributed by atoms with Crippen molar-refractivity contribution >= 4 is 11.9 Å². The average molecular weight is 305 g/mol. The molecule has 116 valence electrons. The number of hydrogen-bond donors (Lipinski definition) is 1. The van der Waals surface area contributed by atoms with Crippen LogP contribution in [0.4, 0.5) is 5.69 Å². The fraction of sp³-hybridized carbons (Fsp3) is 0.158. The molecule has 0 spiro atoms. The predicted octanol–water partition coefficient (Wildman–Crippen LogP) is 3.84. The van der Waals surface area contributed by atoms with Crippen molar-refractivity contribution in [3.05, 3.63) is 81.3 Å². The highest BCUT2D eigenvalue weighted by atomic mass is 16.1. The van der Waals surface area contributed by atoms with Crippen molar-refractivity contribution in [3.63, 3.8) is 0 Å². The number of nitrogens with zero attached hydrogens (tertiary/aromatic N) is 2. The Morgan fingerprint density at radius 1 is 0.957 bits per heavy atom. The summed E-state index contributed by atoms with van der Waals surface area (Å²) >= 11 is 0. The van der Waals surface area contributed by atoms with Gasteiger partial charge in [-0.25, -0.2) is 4.68 Å². The Kier molecular flexibility index (Phi) is 3.98. The molecule has 4 nitrogen and oxygen atoms in total. The van der Waals surface area contributed by atoms with E-state index in [0.29, 0.717) is 5.56 Å². The maximum atomic E-state index is 12.6. The van der Waals surface area contributed by atoms with Crippen LogP contribution in [-0.4, -0.2) is 16.0 Å². The normalized spacial score (nSPS) is 11.3. The first-order chi connectivity index (χ1) is 11.1. The fourth-order valence-corrected chi connectivity index (χ4v) is 2.61. The molecule has 0 amide bonds. The summed E-state index contributed by atoms with van der Waals surface area (Å²) < 4.78 is 1.54. The van der Waals surface area contributed by atoms with Gasteiger partial charge in [-0.15, -0.1) is 0 Å². The summed E-state index contributed by atoms with van der Waals surface area (Å²) in [6.45, 7) is 5.92. The predicted molar refractivity (Wildman–Crippen MR) is 94.3 cm³/mol. The molecule has 1 aromatic heterocycles. The van der Waals surface area contributed by atoms with E-state index in [4.69, 9.17) is 0 Å². The van der Waals surface area contributed by atoms with Gasteiger partial charge in [0, 0.05) is 11.9 Å². The zero-order valence-corrected chi connectivity index (χ0v) is 13.5. The lowest BCUT2D eigenvalue weighted by Gasteiger charge is -2.02. The molecule has 2 aromatic carbocycles. The van der Waals surface area contributed by atoms with Crippen LogP contribution < -0.4 is 5.56 Å². The van der Waals surface area contributed by atoms with Gasteiger partial charge in [-0.05, 0) is 44.0 Å². The smallest absolute Gasteiger partial charge is 0.280 e. The number of aryl methyl sites for hydroxylation is 3. The highest BCUT2D eigenvalue weighted by Gasteiger charge is 2.10. The Hall–Kier alpha value is -2.88. The molecule has 1 heterocycles. The van der Waals surface area contributed by atoms with Crippen molar-refractivity contribution in [3.8, 4) is 5.69 Å². The van der Waals surface area contributed by atoms with Crippen LogP contribution in [0.15, 0.2) is 58.3 Å². The zero-order valence-electron chi connectivity index (χ0n) is 13.5. The summed E-state index contributed by atoms with van der Waals surface area (Å²) in [7, 11) is 0. The summed E-state index contributed by atoms with van der Waals surface area (Å²) in [6, 6.07) is 15.6. The summed E-state index contributed by atoms with van der Waals surface area (Å²) in [6.07, 6.45) is 1.66. The number of rotatable bonds is 3. The maximum Gasteiger partial charge on any atom is 0.280 e. The first-order valence-corrected chi connectivity index (χ1v) is 7.55. The summed E-state index contributed by atoms with van der Waals surface area (Å²) in [5.41, 5.74) is 5.20. The van der Waals surface area contributed by atoms with E-state index in [1.165, 1.54) is 0 Å². The van der Waals surface area contributed by atoms with Crippen molar-refractivity contribution in [1.82, 2.24) is 9.78 Å². The van der Waals surface area contributed by atoms with Gasteiger partial charge < -0.3 is 0 Å². The van der Waals surface area contributed by atoms with Gasteiger partial charge in [0.1, 0.15) is 0 Å². The van der Waals surface area contributed by atoms with Gasteiger partial charge in [0.2, 0.25) is 0 Å². The van der Waals surface area contributed by atoms with Crippen LogP contribution >= 0.6 is 0 Å². The minimum Gasteiger partial charge on any atom is -0.295 e. The number of aromatic amines is 1. The van der Waals surface area contributed by atoms with Crippen LogP contribution in [0.1, 0.15) is 22.4 Å². The van der Waals surface area contributed by atoms with Gasteiger partial charge >= 0.3 is 0 Å². The highest BCUT2D eigenvalue weighted by Crippen LogP contribution is 2.22. The van der Waals surface area contributed by atoms with Crippen LogP contribution in [0.25, 0.3) is 5.69 Å². The van der Waals surface area contributed by atoms with Crippen LogP contribution in [-0.2, 0) is 0 Å². The number of H-pyrrole nitrogens is 1. The van der Waals surface area contributed by atoms with Crippen molar-refractivity contribution in [1.29, 1.82) is 0 Å². The number of hydrogen-bond acceptors (Lipinski definition) is 2. The molecule has 0 atom stereocenters. The van der Waals surface area contributed by atoms with Gasteiger partial charge in [-0.2, -0.15) is 0 Å². The lowest BCUT2D eigenvalue weighted by molar-refractivity contribution is 0.835. The van der Waals surface area contributed by atoms with E-state index in [1.807, 2.05) is 69.3 Å². The highest BCUT2D eigenvalue weighted by molar-refractivity contribution is 5.83. The molecule has 0 saturated carbocycles. The second-order valence-electron chi connectivity index (χ2n) is 5.63. The molecule has 23 heavy (non-hydrogen) atoms. The zero-order chi connectivity index (χ0) is 16.4. The molecule has 0 aliphatic heterocycles. The SMILES string of the molecule is Cc1cccc(C)c1N=Cc1c(C)[nH]n(-c2ccccc2)c1=O. The van der Waals surface area contributed by atoms with Crippen molar-refractivity contribution in [2.75, 3.05) is 0 Å². The average Bonchev–Trinajstić information content (AvgIpc) is 2.83. The second-order valence-corrected chi connectivity index (χ2v) is 5.63. The second kappa shape index (κ2) is 6.08. The van der Waals surface area contributed by atoms with Crippen molar-refractivity contribution in [2.45, 2.75) is 20.8 Å².